The molecule has 5 nitrogen and oxygen atoms in total. The Labute approximate surface area is 75.9 Å². The van der Waals surface area contributed by atoms with Gasteiger partial charge in [0.2, 0.25) is 0 Å². The van der Waals surface area contributed by atoms with Gasteiger partial charge in [0.1, 0.15) is 0 Å². The predicted octanol–water partition coefficient (Wildman–Crippen LogP) is 0.554. The van der Waals surface area contributed by atoms with Crippen LogP contribution in [-0.4, -0.2) is 23.7 Å². The Balaban J connectivity index is 4.16. The van der Waals surface area contributed by atoms with Crippen molar-refractivity contribution >= 4 is 11.9 Å². The number of rotatable bonds is 5. The summed E-state index contributed by atoms with van der Waals surface area (Å²) in [6.45, 7) is 1.82. The van der Waals surface area contributed by atoms with Crippen molar-refractivity contribution in [1.82, 2.24) is 0 Å². The van der Waals surface area contributed by atoms with E-state index in [-0.39, 0.29) is 19.4 Å². The molecule has 13 heavy (non-hydrogen) atoms. The fourth-order valence-corrected chi connectivity index (χ4v) is 0.820. The molecule has 0 radical (unpaired) electrons. The molecule has 0 aliphatic rings. The monoisotopic (exact) mass is 185 g/mol. The minimum absolute atomic E-state index is 0.120. The summed E-state index contributed by atoms with van der Waals surface area (Å²) in [5, 5.41) is 16.7. The number of aliphatic carboxylic acids is 1. The first-order valence-electron chi connectivity index (χ1n) is 3.87. The molecule has 1 N–H and O–H groups in total. The maximum Gasteiger partial charge on any atom is 0.310 e. The highest BCUT2D eigenvalue weighted by Gasteiger charge is 2.22. The Hall–Kier alpha value is -1.57. The average molecular weight is 185 g/mol. The van der Waals surface area contributed by atoms with E-state index >= 15 is 0 Å². The molecule has 0 heterocycles. The van der Waals surface area contributed by atoms with Gasteiger partial charge in [-0.25, -0.2) is 0 Å². The molecule has 0 spiro atoms. The number of nitriles is 1. The molecule has 1 atom stereocenters. The Morgan fingerprint density at radius 1 is 1.62 bits per heavy atom. The third kappa shape index (κ3) is 4.80. The Morgan fingerprint density at radius 3 is 2.62 bits per heavy atom. The third-order valence-corrected chi connectivity index (χ3v) is 1.38. The number of hydrogen-bond acceptors (Lipinski definition) is 4. The van der Waals surface area contributed by atoms with Gasteiger partial charge in [0.15, 0.2) is 0 Å². The highest BCUT2D eigenvalue weighted by Crippen LogP contribution is 2.10. The van der Waals surface area contributed by atoms with Gasteiger partial charge in [-0.3, -0.25) is 9.59 Å². The van der Waals surface area contributed by atoms with Crippen molar-refractivity contribution < 1.29 is 19.4 Å². The molecular formula is C8H11NO4. The summed E-state index contributed by atoms with van der Waals surface area (Å²) in [6.07, 6.45) is -0.475. The highest BCUT2D eigenvalue weighted by molar-refractivity contribution is 5.79. The number of hydrogen-bond donors (Lipinski definition) is 1. The Morgan fingerprint density at radius 2 is 2.23 bits per heavy atom. The van der Waals surface area contributed by atoms with Crippen LogP contribution in [0.2, 0.25) is 0 Å². The van der Waals surface area contributed by atoms with Gasteiger partial charge in [-0.15, -0.1) is 0 Å². The van der Waals surface area contributed by atoms with Crippen molar-refractivity contribution in [3.63, 3.8) is 0 Å². The van der Waals surface area contributed by atoms with Crippen LogP contribution in [0.3, 0.4) is 0 Å². The van der Waals surface area contributed by atoms with E-state index in [1.165, 1.54) is 0 Å². The molecule has 0 rings (SSSR count). The van der Waals surface area contributed by atoms with Gasteiger partial charge in [-0.2, -0.15) is 5.26 Å². The zero-order valence-corrected chi connectivity index (χ0v) is 7.32. The van der Waals surface area contributed by atoms with Crippen molar-refractivity contribution in [3.05, 3.63) is 0 Å². The molecule has 0 fully saturated rings. The number of carboxylic acid groups (broad SMARTS) is 1. The lowest BCUT2D eigenvalue weighted by Crippen LogP contribution is -2.20. The van der Waals surface area contributed by atoms with Crippen molar-refractivity contribution in [2.75, 3.05) is 6.61 Å². The number of ether oxygens (including phenoxy) is 1. The van der Waals surface area contributed by atoms with E-state index in [2.05, 4.69) is 4.74 Å². The van der Waals surface area contributed by atoms with E-state index in [9.17, 15) is 9.59 Å². The summed E-state index contributed by atoms with van der Waals surface area (Å²) in [6, 6.07) is 1.75. The van der Waals surface area contributed by atoms with Crippen LogP contribution in [0.4, 0.5) is 0 Å². The predicted molar refractivity (Wildman–Crippen MR) is 42.6 cm³/mol. The van der Waals surface area contributed by atoms with Crippen LogP contribution in [0.25, 0.3) is 0 Å². The van der Waals surface area contributed by atoms with E-state index in [1.54, 1.807) is 13.0 Å². The Bertz CT molecular complexity index is 231. The van der Waals surface area contributed by atoms with Crippen LogP contribution >= 0.6 is 0 Å². The molecule has 0 aromatic carbocycles. The van der Waals surface area contributed by atoms with E-state index in [0.29, 0.717) is 0 Å². The molecule has 5 heteroatoms. The maximum absolute atomic E-state index is 11.0. The second-order valence-corrected chi connectivity index (χ2v) is 2.41. The van der Waals surface area contributed by atoms with Crippen molar-refractivity contribution in [2.24, 2.45) is 5.92 Å². The number of carbonyl (C=O) groups is 2. The van der Waals surface area contributed by atoms with E-state index in [4.69, 9.17) is 10.4 Å². The molecule has 72 valence electrons. The quantitative estimate of drug-likeness (QED) is 0.632. The first kappa shape index (κ1) is 11.4. The largest absolute Gasteiger partial charge is 0.481 e. The summed E-state index contributed by atoms with van der Waals surface area (Å²) in [4.78, 5) is 21.3. The van der Waals surface area contributed by atoms with Gasteiger partial charge < -0.3 is 9.84 Å². The Kier molecular flexibility index (Phi) is 5.28. The fraction of sp³-hybridized carbons (Fsp3) is 0.625. The summed E-state index contributed by atoms with van der Waals surface area (Å²) >= 11 is 0. The van der Waals surface area contributed by atoms with Gasteiger partial charge in [-0.05, 0) is 6.92 Å². The molecule has 1 unspecified atom stereocenters. The van der Waals surface area contributed by atoms with Gasteiger partial charge >= 0.3 is 11.9 Å². The van der Waals surface area contributed by atoms with E-state index in [1.807, 2.05) is 0 Å². The maximum atomic E-state index is 11.0. The normalized spacial score (nSPS) is 11.4. The molecule has 0 amide bonds. The molecule has 0 aliphatic carbocycles. The van der Waals surface area contributed by atoms with Gasteiger partial charge in [0, 0.05) is 6.42 Å². The molecule has 0 aromatic heterocycles. The highest BCUT2D eigenvalue weighted by atomic mass is 16.5. The molecule has 0 aliphatic heterocycles. The smallest absolute Gasteiger partial charge is 0.310 e. The lowest BCUT2D eigenvalue weighted by molar-refractivity contribution is -0.152. The van der Waals surface area contributed by atoms with Crippen LogP contribution in [0.1, 0.15) is 19.8 Å². The van der Waals surface area contributed by atoms with Crippen LogP contribution < -0.4 is 0 Å². The van der Waals surface area contributed by atoms with Crippen LogP contribution in [0, 0.1) is 17.2 Å². The number of nitrogens with zero attached hydrogens (tertiary/aromatic N) is 1. The van der Waals surface area contributed by atoms with E-state index < -0.39 is 17.9 Å². The zero-order chi connectivity index (χ0) is 10.3. The second-order valence-electron chi connectivity index (χ2n) is 2.41. The molecular weight excluding hydrogens is 174 g/mol. The summed E-state index contributed by atoms with van der Waals surface area (Å²) in [5.41, 5.74) is 0. The topological polar surface area (TPSA) is 87.4 Å². The summed E-state index contributed by atoms with van der Waals surface area (Å²) < 4.78 is 4.60. The summed E-state index contributed by atoms with van der Waals surface area (Å²) in [7, 11) is 0. The number of esters is 1. The zero-order valence-electron chi connectivity index (χ0n) is 7.32. The van der Waals surface area contributed by atoms with Crippen molar-refractivity contribution in [2.45, 2.75) is 19.8 Å². The summed E-state index contributed by atoms with van der Waals surface area (Å²) in [5.74, 6) is -2.57. The van der Waals surface area contributed by atoms with Gasteiger partial charge in [0.05, 0.1) is 25.0 Å². The molecule has 0 saturated heterocycles. The standard InChI is InChI=1S/C8H11NO4/c1-2-13-8(12)6(3-4-9)5-7(10)11/h6H,2-3,5H2,1H3,(H,10,11). The van der Waals surface area contributed by atoms with Gasteiger partial charge in [-0.1, -0.05) is 0 Å². The minimum atomic E-state index is -1.10. The number of carboxylic acids is 1. The second kappa shape index (κ2) is 6.00. The van der Waals surface area contributed by atoms with E-state index in [0.717, 1.165) is 0 Å². The number of carbonyl (C=O) groups excluding carboxylic acids is 1. The molecule has 0 aromatic rings. The fourth-order valence-electron chi connectivity index (χ4n) is 0.820. The minimum Gasteiger partial charge on any atom is -0.481 e. The third-order valence-electron chi connectivity index (χ3n) is 1.38. The van der Waals surface area contributed by atoms with Crippen LogP contribution in [-0.2, 0) is 14.3 Å². The van der Waals surface area contributed by atoms with Crippen LogP contribution in [0.15, 0.2) is 0 Å². The van der Waals surface area contributed by atoms with Gasteiger partial charge in [0.25, 0.3) is 0 Å². The first-order chi connectivity index (χ1) is 6.11. The van der Waals surface area contributed by atoms with Crippen molar-refractivity contribution in [1.29, 1.82) is 5.26 Å². The van der Waals surface area contributed by atoms with Crippen LogP contribution in [0.5, 0.6) is 0 Å². The molecule has 0 saturated carbocycles. The SMILES string of the molecule is CCOC(=O)C(CC#N)CC(=O)O. The lowest BCUT2D eigenvalue weighted by atomic mass is 10.0. The average Bonchev–Trinajstić information content (AvgIpc) is 2.03. The molecule has 0 bridgehead atoms. The van der Waals surface area contributed by atoms with Crippen molar-refractivity contribution in [3.8, 4) is 6.07 Å². The lowest BCUT2D eigenvalue weighted by Gasteiger charge is -2.08. The first-order valence-corrected chi connectivity index (χ1v) is 3.87.